The average molecular weight is 290 g/mol. The van der Waals surface area contributed by atoms with Gasteiger partial charge >= 0.3 is 11.9 Å². The Hall–Kier alpha value is -1.62. The molecular weight excluding hydrogens is 272 g/mol. The van der Waals surface area contributed by atoms with Crippen LogP contribution in [0.3, 0.4) is 0 Å². The van der Waals surface area contributed by atoms with E-state index in [0.29, 0.717) is 12.8 Å². The van der Waals surface area contributed by atoms with Crippen LogP contribution in [0, 0.1) is 16.7 Å². The van der Waals surface area contributed by atoms with Gasteiger partial charge in [-0.1, -0.05) is 6.92 Å². The van der Waals surface area contributed by atoms with Crippen LogP contribution in [-0.2, 0) is 19.1 Å². The summed E-state index contributed by atoms with van der Waals surface area (Å²) in [6.07, 6.45) is 3.54. The van der Waals surface area contributed by atoms with Gasteiger partial charge in [0.2, 0.25) is 0 Å². The van der Waals surface area contributed by atoms with Crippen molar-refractivity contribution in [3.8, 4) is 0 Å². The molecule has 1 saturated carbocycles. The van der Waals surface area contributed by atoms with Gasteiger partial charge in [-0.25, -0.2) is 4.79 Å². The highest BCUT2D eigenvalue weighted by molar-refractivity contribution is 5.87. The van der Waals surface area contributed by atoms with Gasteiger partial charge in [0.15, 0.2) is 0 Å². The Morgan fingerprint density at radius 1 is 1.24 bits per heavy atom. The molecule has 0 aromatic heterocycles. The summed E-state index contributed by atoms with van der Waals surface area (Å²) >= 11 is 0. The van der Waals surface area contributed by atoms with E-state index in [1.165, 1.54) is 6.08 Å². The highest BCUT2D eigenvalue weighted by atomic mass is 16.6. The normalized spacial score (nSPS) is 47.7. The van der Waals surface area contributed by atoms with Crippen LogP contribution in [0.4, 0.5) is 0 Å². The second kappa shape index (κ2) is 3.77. The van der Waals surface area contributed by atoms with Crippen molar-refractivity contribution in [1.82, 2.24) is 0 Å². The number of cyclic esters (lactones) is 1. The molecule has 1 saturated heterocycles. The van der Waals surface area contributed by atoms with Gasteiger partial charge in [-0.3, -0.25) is 4.79 Å². The number of hydrogen-bond acceptors (Lipinski definition) is 5. The van der Waals surface area contributed by atoms with Gasteiger partial charge in [0.1, 0.15) is 12.7 Å². The van der Waals surface area contributed by atoms with Gasteiger partial charge < -0.3 is 14.6 Å². The van der Waals surface area contributed by atoms with Crippen LogP contribution in [0.2, 0.25) is 0 Å². The molecule has 2 aliphatic heterocycles. The van der Waals surface area contributed by atoms with E-state index in [9.17, 15) is 14.7 Å². The first-order valence-corrected chi connectivity index (χ1v) is 7.34. The van der Waals surface area contributed by atoms with Gasteiger partial charge in [-0.05, 0) is 37.0 Å². The van der Waals surface area contributed by atoms with E-state index in [0.717, 1.165) is 11.1 Å². The number of esters is 2. The van der Waals surface area contributed by atoms with Crippen LogP contribution >= 0.6 is 0 Å². The first-order chi connectivity index (χ1) is 9.84. The van der Waals surface area contributed by atoms with Gasteiger partial charge in [0, 0.05) is 17.4 Å². The molecule has 0 amide bonds. The Labute approximate surface area is 122 Å². The molecule has 2 fully saturated rings. The summed E-state index contributed by atoms with van der Waals surface area (Å²) in [6.45, 7) is 4.12. The van der Waals surface area contributed by atoms with Gasteiger partial charge in [0.05, 0.1) is 11.5 Å². The highest BCUT2D eigenvalue weighted by Crippen LogP contribution is 2.63. The van der Waals surface area contributed by atoms with Crippen molar-refractivity contribution in [2.24, 2.45) is 16.7 Å². The number of carbonyl (C=O) groups is 2. The fourth-order valence-corrected chi connectivity index (χ4v) is 5.02. The molecule has 1 N–H and O–H groups in total. The molecule has 5 heteroatoms. The van der Waals surface area contributed by atoms with Crippen LogP contribution in [0.5, 0.6) is 0 Å². The van der Waals surface area contributed by atoms with Crippen molar-refractivity contribution >= 4 is 11.9 Å². The largest absolute Gasteiger partial charge is 0.458 e. The molecule has 21 heavy (non-hydrogen) atoms. The quantitative estimate of drug-likeness (QED) is 0.677. The van der Waals surface area contributed by atoms with Crippen molar-refractivity contribution in [3.05, 3.63) is 23.3 Å². The summed E-state index contributed by atoms with van der Waals surface area (Å²) in [5.41, 5.74) is 0.682. The lowest BCUT2D eigenvalue weighted by atomic mass is 9.49. The Kier molecular flexibility index (Phi) is 2.35. The summed E-state index contributed by atoms with van der Waals surface area (Å²) < 4.78 is 10.6. The van der Waals surface area contributed by atoms with Crippen LogP contribution in [0.1, 0.15) is 26.7 Å². The number of carbonyl (C=O) groups excluding carboxylic acids is 2. The molecule has 2 heterocycles. The number of hydrogen-bond donors (Lipinski definition) is 1. The van der Waals surface area contributed by atoms with E-state index in [1.807, 2.05) is 19.9 Å². The number of fused-ring (bicyclic) bond motifs is 2. The second-order valence-corrected chi connectivity index (χ2v) is 7.10. The van der Waals surface area contributed by atoms with E-state index >= 15 is 0 Å². The maximum Gasteiger partial charge on any atom is 0.331 e. The fraction of sp³-hybridized carbons (Fsp3) is 0.625. The van der Waals surface area contributed by atoms with E-state index in [4.69, 9.17) is 9.47 Å². The number of ether oxygens (including phenoxy) is 2. The molecule has 0 radical (unpaired) electrons. The Morgan fingerprint density at radius 2 is 1.95 bits per heavy atom. The zero-order chi connectivity index (χ0) is 15.0. The SMILES string of the molecule is C[C@@]12C[C@H](O)C[C@]3(C)C4=CC(=O)OCC4=C[C@@H](OC1=O)[C@@H]23. The average Bonchev–Trinajstić information content (AvgIpc) is 2.62. The maximum atomic E-state index is 12.4. The lowest BCUT2D eigenvalue weighted by molar-refractivity contribution is -0.150. The zero-order valence-electron chi connectivity index (χ0n) is 12.1. The number of rotatable bonds is 0. The van der Waals surface area contributed by atoms with Crippen molar-refractivity contribution in [3.63, 3.8) is 0 Å². The summed E-state index contributed by atoms with van der Waals surface area (Å²) in [5, 5.41) is 10.3. The molecule has 5 nitrogen and oxygen atoms in total. The molecular formula is C16H18O5. The summed E-state index contributed by atoms with van der Waals surface area (Å²) in [4.78, 5) is 24.0. The lowest BCUT2D eigenvalue weighted by Gasteiger charge is -2.53. The summed E-state index contributed by atoms with van der Waals surface area (Å²) in [5.74, 6) is -0.638. The molecule has 4 rings (SSSR count). The van der Waals surface area contributed by atoms with E-state index in [2.05, 4.69) is 0 Å². The minimum atomic E-state index is -0.693. The van der Waals surface area contributed by atoms with Gasteiger partial charge in [-0.15, -0.1) is 0 Å². The zero-order valence-corrected chi connectivity index (χ0v) is 12.1. The fourth-order valence-electron chi connectivity index (χ4n) is 5.02. The molecule has 0 bridgehead atoms. The van der Waals surface area contributed by atoms with E-state index in [-0.39, 0.29) is 30.6 Å². The van der Waals surface area contributed by atoms with Crippen LogP contribution < -0.4 is 0 Å². The minimum absolute atomic E-state index is 0.0400. The van der Waals surface area contributed by atoms with Crippen molar-refractivity contribution in [2.75, 3.05) is 6.61 Å². The summed E-state index contributed by atoms with van der Waals surface area (Å²) in [6, 6.07) is 0. The third kappa shape index (κ3) is 1.50. The highest BCUT2D eigenvalue weighted by Gasteiger charge is 2.66. The second-order valence-electron chi connectivity index (χ2n) is 7.10. The van der Waals surface area contributed by atoms with Crippen LogP contribution in [-0.4, -0.2) is 35.9 Å². The third-order valence-electron chi connectivity index (χ3n) is 5.69. The maximum absolute atomic E-state index is 12.4. The molecule has 0 aromatic rings. The molecule has 4 aliphatic rings. The molecule has 0 aromatic carbocycles. The van der Waals surface area contributed by atoms with Gasteiger partial charge in [-0.2, -0.15) is 0 Å². The first kappa shape index (κ1) is 13.1. The predicted octanol–water partition coefficient (Wildman–Crippen LogP) is 1.12. The van der Waals surface area contributed by atoms with Crippen molar-refractivity contribution < 1.29 is 24.2 Å². The molecule has 0 unspecified atom stereocenters. The Bertz CT molecular complexity index is 618. The van der Waals surface area contributed by atoms with Crippen molar-refractivity contribution in [1.29, 1.82) is 0 Å². The molecule has 0 spiro atoms. The Morgan fingerprint density at radius 3 is 2.71 bits per heavy atom. The van der Waals surface area contributed by atoms with E-state index < -0.39 is 16.9 Å². The van der Waals surface area contributed by atoms with E-state index in [1.54, 1.807) is 0 Å². The molecule has 5 atom stereocenters. The number of aliphatic hydroxyl groups is 1. The minimum Gasteiger partial charge on any atom is -0.458 e. The third-order valence-corrected chi connectivity index (χ3v) is 5.69. The van der Waals surface area contributed by atoms with Crippen LogP contribution in [0.25, 0.3) is 0 Å². The smallest absolute Gasteiger partial charge is 0.331 e. The van der Waals surface area contributed by atoms with Crippen molar-refractivity contribution in [2.45, 2.75) is 38.9 Å². The first-order valence-electron chi connectivity index (χ1n) is 7.34. The Balaban J connectivity index is 1.94. The predicted molar refractivity (Wildman–Crippen MR) is 71.9 cm³/mol. The monoisotopic (exact) mass is 290 g/mol. The summed E-state index contributed by atoms with van der Waals surface area (Å²) in [7, 11) is 0. The molecule has 112 valence electrons. The lowest BCUT2D eigenvalue weighted by Crippen LogP contribution is -2.54. The van der Waals surface area contributed by atoms with Gasteiger partial charge in [0.25, 0.3) is 0 Å². The molecule has 2 aliphatic carbocycles. The van der Waals surface area contributed by atoms with Crippen LogP contribution in [0.15, 0.2) is 23.3 Å². The topological polar surface area (TPSA) is 72.8 Å². The number of aliphatic hydroxyl groups excluding tert-OH is 1. The standard InChI is InChI=1S/C16H18O5/c1-15-5-9(17)6-16(2)13(15)11(21-14(16)19)3-8-7-20-12(18)4-10(8)15/h3-4,9,11,13,17H,5-7H2,1-2H3/t9-,11-,13-,15-,16+/m1/s1.